The predicted molar refractivity (Wildman–Crippen MR) is 83.7 cm³/mol. The van der Waals surface area contributed by atoms with E-state index < -0.39 is 0 Å². The highest BCUT2D eigenvalue weighted by molar-refractivity contribution is 6.38. The van der Waals surface area contributed by atoms with Crippen molar-refractivity contribution in [3.8, 4) is 11.3 Å². The van der Waals surface area contributed by atoms with E-state index in [1.54, 1.807) is 7.05 Å². The van der Waals surface area contributed by atoms with E-state index in [1.165, 1.54) is 0 Å². The number of nitrogens with zero attached hydrogens (tertiary/aromatic N) is 2. The summed E-state index contributed by atoms with van der Waals surface area (Å²) in [5.74, 6) is 0.751. The number of hydrogen-bond acceptors (Lipinski definition) is 3. The van der Waals surface area contributed by atoms with Crippen molar-refractivity contribution in [1.82, 2.24) is 0 Å². The molecule has 0 saturated carbocycles. The number of rotatable bonds is 1. The predicted octanol–water partition coefficient (Wildman–Crippen LogP) is 3.79. The summed E-state index contributed by atoms with van der Waals surface area (Å²) in [6.45, 7) is 0. The molecule has 1 aromatic carbocycles. The quantitative estimate of drug-likeness (QED) is 0.637. The minimum atomic E-state index is 0.717. The van der Waals surface area contributed by atoms with Crippen molar-refractivity contribution >= 4 is 28.3 Å². The Morgan fingerprint density at radius 3 is 2.60 bits per heavy atom. The van der Waals surface area contributed by atoms with Crippen LogP contribution in [0.25, 0.3) is 22.3 Å². The van der Waals surface area contributed by atoms with Crippen LogP contribution >= 0.6 is 11.6 Å². The molecule has 0 saturated heterocycles. The van der Waals surface area contributed by atoms with Gasteiger partial charge in [0.1, 0.15) is 11.3 Å². The van der Waals surface area contributed by atoms with Crippen LogP contribution in [0.5, 0.6) is 0 Å². The molecule has 0 atom stereocenters. The van der Waals surface area contributed by atoms with Gasteiger partial charge in [-0.2, -0.15) is 0 Å². The molecule has 0 amide bonds. The monoisotopic (exact) mass is 286 g/mol. The van der Waals surface area contributed by atoms with Crippen molar-refractivity contribution in [2.75, 3.05) is 26.0 Å². The van der Waals surface area contributed by atoms with E-state index in [2.05, 4.69) is 4.99 Å². The molecule has 102 valence electrons. The Hall–Kier alpha value is -2.00. The summed E-state index contributed by atoms with van der Waals surface area (Å²) >= 11 is 6.50. The zero-order valence-corrected chi connectivity index (χ0v) is 12.4. The third kappa shape index (κ3) is 2.04. The average Bonchev–Trinajstić information content (AvgIpc) is 2.46. The number of fused-ring (bicyclic) bond motifs is 2. The van der Waals surface area contributed by atoms with Crippen LogP contribution in [0.15, 0.2) is 45.8 Å². The van der Waals surface area contributed by atoms with Crippen LogP contribution in [0.1, 0.15) is 0 Å². The molecule has 0 N–H and O–H groups in total. The standard InChI is InChI=1S/C16H15ClN2O/c1-18-10-4-6-12-14(8-10)20-15-9-11(19(2)3)5-7-13(15)16(12)17/h4-9H,1-3H3/b18-10-. The van der Waals surface area contributed by atoms with E-state index in [-0.39, 0.29) is 0 Å². The Labute approximate surface area is 122 Å². The fourth-order valence-electron chi connectivity index (χ4n) is 2.23. The molecule has 20 heavy (non-hydrogen) atoms. The molecule has 3 nitrogen and oxygen atoms in total. The molecule has 1 aliphatic carbocycles. The SMILES string of the molecule is C/N=c1/ccc2c(Cl)c3ccc(N(C)C)cc3oc-2c1. The molecule has 2 aliphatic rings. The van der Waals surface area contributed by atoms with Crippen LogP contribution in [-0.4, -0.2) is 21.1 Å². The van der Waals surface area contributed by atoms with E-state index in [0.717, 1.165) is 33.3 Å². The van der Waals surface area contributed by atoms with Gasteiger partial charge in [0, 0.05) is 49.9 Å². The molecule has 0 spiro atoms. The molecule has 0 bridgehead atoms. The first-order chi connectivity index (χ1) is 9.60. The van der Waals surface area contributed by atoms with Crippen molar-refractivity contribution in [3.63, 3.8) is 0 Å². The van der Waals surface area contributed by atoms with Gasteiger partial charge >= 0.3 is 0 Å². The zero-order valence-electron chi connectivity index (χ0n) is 11.6. The van der Waals surface area contributed by atoms with E-state index in [1.807, 2.05) is 55.4 Å². The van der Waals surface area contributed by atoms with Gasteiger partial charge in [-0.1, -0.05) is 11.6 Å². The molecule has 4 heteroatoms. The highest BCUT2D eigenvalue weighted by Crippen LogP contribution is 2.37. The van der Waals surface area contributed by atoms with Crippen LogP contribution in [0.4, 0.5) is 5.69 Å². The molecule has 0 unspecified atom stereocenters. The first-order valence-corrected chi connectivity index (χ1v) is 6.74. The van der Waals surface area contributed by atoms with Crippen LogP contribution in [0, 0.1) is 0 Å². The number of benzene rings is 2. The summed E-state index contributed by atoms with van der Waals surface area (Å²) in [5.41, 5.74) is 2.76. The third-order valence-electron chi connectivity index (χ3n) is 3.40. The molecular formula is C16H15ClN2O. The minimum absolute atomic E-state index is 0.717. The van der Waals surface area contributed by atoms with E-state index in [0.29, 0.717) is 5.02 Å². The maximum atomic E-state index is 6.50. The highest BCUT2D eigenvalue weighted by Gasteiger charge is 2.14. The molecular weight excluding hydrogens is 272 g/mol. The Bertz CT molecular complexity index is 820. The molecule has 1 aliphatic heterocycles. The number of anilines is 1. The second-order valence-electron chi connectivity index (χ2n) is 4.90. The lowest BCUT2D eigenvalue weighted by Gasteiger charge is -2.15. The Morgan fingerprint density at radius 1 is 1.10 bits per heavy atom. The van der Waals surface area contributed by atoms with Crippen LogP contribution < -0.4 is 10.3 Å². The van der Waals surface area contributed by atoms with Crippen molar-refractivity contribution < 1.29 is 4.42 Å². The summed E-state index contributed by atoms with van der Waals surface area (Å²) in [7, 11) is 5.75. The summed E-state index contributed by atoms with van der Waals surface area (Å²) < 4.78 is 5.99. The first-order valence-electron chi connectivity index (χ1n) is 6.36. The summed E-state index contributed by atoms with van der Waals surface area (Å²) in [6.07, 6.45) is 0. The van der Waals surface area contributed by atoms with Crippen molar-refractivity contribution in [2.24, 2.45) is 4.99 Å². The zero-order chi connectivity index (χ0) is 14.3. The van der Waals surface area contributed by atoms with Gasteiger partial charge in [0.25, 0.3) is 0 Å². The lowest BCUT2D eigenvalue weighted by atomic mass is 10.1. The second-order valence-corrected chi connectivity index (χ2v) is 5.27. The third-order valence-corrected chi connectivity index (χ3v) is 3.81. The van der Waals surface area contributed by atoms with Gasteiger partial charge in [0.15, 0.2) is 0 Å². The Balaban J connectivity index is 2.39. The van der Waals surface area contributed by atoms with E-state index >= 15 is 0 Å². The van der Waals surface area contributed by atoms with Crippen molar-refractivity contribution in [3.05, 3.63) is 46.8 Å². The van der Waals surface area contributed by atoms with Gasteiger partial charge in [0.05, 0.1) is 10.4 Å². The molecule has 1 heterocycles. The molecule has 3 rings (SSSR count). The largest absolute Gasteiger partial charge is 0.456 e. The van der Waals surface area contributed by atoms with Gasteiger partial charge in [-0.25, -0.2) is 0 Å². The van der Waals surface area contributed by atoms with Crippen LogP contribution in [-0.2, 0) is 0 Å². The number of hydrogen-bond donors (Lipinski definition) is 0. The second kappa shape index (κ2) is 4.84. The minimum Gasteiger partial charge on any atom is -0.456 e. The fraction of sp³-hybridized carbons (Fsp3) is 0.188. The topological polar surface area (TPSA) is 28.7 Å². The van der Waals surface area contributed by atoms with Crippen LogP contribution in [0.2, 0.25) is 5.02 Å². The van der Waals surface area contributed by atoms with E-state index in [4.69, 9.17) is 16.0 Å². The fourth-order valence-corrected chi connectivity index (χ4v) is 2.55. The summed E-state index contributed by atoms with van der Waals surface area (Å²) in [4.78, 5) is 6.20. The Morgan fingerprint density at radius 2 is 1.90 bits per heavy atom. The van der Waals surface area contributed by atoms with Gasteiger partial charge < -0.3 is 9.32 Å². The molecule has 0 fully saturated rings. The van der Waals surface area contributed by atoms with Gasteiger partial charge in [-0.05, 0) is 24.3 Å². The Kier molecular flexibility index (Phi) is 3.14. The maximum absolute atomic E-state index is 6.50. The lowest BCUT2D eigenvalue weighted by Crippen LogP contribution is -2.08. The highest BCUT2D eigenvalue weighted by atomic mass is 35.5. The smallest absolute Gasteiger partial charge is 0.138 e. The summed E-state index contributed by atoms with van der Waals surface area (Å²) in [5, 5.41) is 2.51. The van der Waals surface area contributed by atoms with Crippen molar-refractivity contribution in [2.45, 2.75) is 0 Å². The van der Waals surface area contributed by atoms with E-state index in [9.17, 15) is 0 Å². The molecule has 0 aromatic heterocycles. The van der Waals surface area contributed by atoms with Crippen LogP contribution in [0.3, 0.4) is 0 Å². The maximum Gasteiger partial charge on any atom is 0.138 e. The molecule has 1 aromatic rings. The molecule has 0 radical (unpaired) electrons. The first kappa shape index (κ1) is 13.0. The van der Waals surface area contributed by atoms with Gasteiger partial charge in [-0.15, -0.1) is 0 Å². The van der Waals surface area contributed by atoms with Crippen molar-refractivity contribution in [1.29, 1.82) is 0 Å². The average molecular weight is 287 g/mol. The normalized spacial score (nSPS) is 12.3. The number of halogens is 1. The lowest BCUT2D eigenvalue weighted by molar-refractivity contribution is 0.618. The van der Waals surface area contributed by atoms with Gasteiger partial charge in [0.2, 0.25) is 0 Å². The van der Waals surface area contributed by atoms with Gasteiger partial charge in [-0.3, -0.25) is 4.99 Å². The summed E-state index contributed by atoms with van der Waals surface area (Å²) in [6, 6.07) is 11.8.